The van der Waals surface area contributed by atoms with Crippen molar-refractivity contribution in [2.24, 2.45) is 5.92 Å². The Bertz CT molecular complexity index is 765. The first-order valence-corrected chi connectivity index (χ1v) is 11.4. The molecule has 0 radical (unpaired) electrons. The van der Waals surface area contributed by atoms with Gasteiger partial charge in [-0.2, -0.15) is 0 Å². The maximum Gasteiger partial charge on any atom is 0.336 e. The Labute approximate surface area is 180 Å². The first-order chi connectivity index (χ1) is 14.8. The first kappa shape index (κ1) is 22.1. The summed E-state index contributed by atoms with van der Waals surface area (Å²) >= 11 is 0. The van der Waals surface area contributed by atoms with Crippen molar-refractivity contribution in [3.63, 3.8) is 0 Å². The molecule has 1 aliphatic carbocycles. The number of anilines is 1. The van der Waals surface area contributed by atoms with Gasteiger partial charge in [0.15, 0.2) is 0 Å². The summed E-state index contributed by atoms with van der Waals surface area (Å²) in [7, 11) is 0. The second-order valence-electron chi connectivity index (χ2n) is 8.20. The molecule has 1 fully saturated rings. The van der Waals surface area contributed by atoms with Crippen LogP contribution < -0.4 is 10.1 Å². The van der Waals surface area contributed by atoms with Crippen LogP contribution >= 0.6 is 0 Å². The number of unbranched alkanes of at least 4 members (excludes halogenated alkanes) is 4. The molecule has 4 nitrogen and oxygen atoms in total. The molecule has 0 saturated heterocycles. The van der Waals surface area contributed by atoms with Crippen LogP contribution in [0.3, 0.4) is 0 Å². The van der Waals surface area contributed by atoms with E-state index in [4.69, 9.17) is 4.74 Å². The van der Waals surface area contributed by atoms with Crippen molar-refractivity contribution in [1.29, 1.82) is 0 Å². The highest BCUT2D eigenvalue weighted by Gasteiger charge is 2.13. The summed E-state index contributed by atoms with van der Waals surface area (Å²) in [5.74, 6) is 1.07. The summed E-state index contributed by atoms with van der Waals surface area (Å²) < 4.78 is 5.19. The molecule has 1 N–H and O–H groups in total. The molecule has 1 aromatic carbocycles. The van der Waals surface area contributed by atoms with Crippen LogP contribution in [0.1, 0.15) is 69.8 Å². The van der Waals surface area contributed by atoms with Crippen LogP contribution in [0.25, 0.3) is 6.08 Å². The molecule has 0 bridgehead atoms. The van der Waals surface area contributed by atoms with Crippen LogP contribution in [0.2, 0.25) is 0 Å². The zero-order valence-corrected chi connectivity index (χ0v) is 17.9. The number of nitrogens with zero attached hydrogens (tertiary/aromatic N) is 1. The standard InChI is InChI=1S/C26H34N2O2/c29-26(30-25-12-8-19-27-21-25)18-15-23-13-16-24(17-14-23)28-20-7-3-1-2-4-9-22-10-5-6-11-22/h8,12-19,21-22,28H,1-7,9-11,20H2. The Morgan fingerprint density at radius 3 is 2.57 bits per heavy atom. The summed E-state index contributed by atoms with van der Waals surface area (Å²) in [6, 6.07) is 11.5. The van der Waals surface area contributed by atoms with Crippen LogP contribution in [0.15, 0.2) is 54.9 Å². The molecule has 4 heteroatoms. The van der Waals surface area contributed by atoms with E-state index in [9.17, 15) is 4.79 Å². The van der Waals surface area contributed by atoms with E-state index in [-0.39, 0.29) is 0 Å². The molecule has 1 saturated carbocycles. The van der Waals surface area contributed by atoms with E-state index in [0.717, 1.165) is 23.7 Å². The van der Waals surface area contributed by atoms with Crippen molar-refractivity contribution < 1.29 is 9.53 Å². The van der Waals surface area contributed by atoms with Gasteiger partial charge in [0, 0.05) is 24.5 Å². The predicted octanol–water partition coefficient (Wildman–Crippen LogP) is 6.64. The molecule has 0 unspecified atom stereocenters. The van der Waals surface area contributed by atoms with Gasteiger partial charge >= 0.3 is 5.97 Å². The van der Waals surface area contributed by atoms with Gasteiger partial charge < -0.3 is 10.1 Å². The lowest BCUT2D eigenvalue weighted by Crippen LogP contribution is -2.03. The number of carbonyl (C=O) groups excluding carboxylic acids is 1. The smallest absolute Gasteiger partial charge is 0.336 e. The topological polar surface area (TPSA) is 51.2 Å². The van der Waals surface area contributed by atoms with E-state index < -0.39 is 5.97 Å². The van der Waals surface area contributed by atoms with Crippen LogP contribution in [0.5, 0.6) is 5.75 Å². The largest absolute Gasteiger partial charge is 0.422 e. The van der Waals surface area contributed by atoms with E-state index in [1.54, 1.807) is 24.4 Å². The maximum absolute atomic E-state index is 11.8. The second-order valence-corrected chi connectivity index (χ2v) is 8.20. The van der Waals surface area contributed by atoms with E-state index in [1.807, 2.05) is 24.3 Å². The average Bonchev–Trinajstić information content (AvgIpc) is 3.29. The summed E-state index contributed by atoms with van der Waals surface area (Å²) in [6.07, 6.45) is 20.4. The zero-order valence-electron chi connectivity index (χ0n) is 17.9. The highest BCUT2D eigenvalue weighted by molar-refractivity contribution is 5.88. The monoisotopic (exact) mass is 406 g/mol. The highest BCUT2D eigenvalue weighted by atomic mass is 16.5. The normalized spacial score (nSPS) is 14.3. The lowest BCUT2D eigenvalue weighted by molar-refractivity contribution is -0.128. The number of nitrogens with one attached hydrogen (secondary N) is 1. The van der Waals surface area contributed by atoms with Gasteiger partial charge in [0.05, 0.1) is 6.20 Å². The van der Waals surface area contributed by atoms with Gasteiger partial charge in [-0.05, 0) is 48.2 Å². The molecule has 160 valence electrons. The van der Waals surface area contributed by atoms with E-state index in [0.29, 0.717) is 5.75 Å². The Morgan fingerprint density at radius 1 is 1.03 bits per heavy atom. The zero-order chi connectivity index (χ0) is 20.9. The maximum atomic E-state index is 11.8. The molecular formula is C26H34N2O2. The first-order valence-electron chi connectivity index (χ1n) is 11.4. The van der Waals surface area contributed by atoms with E-state index >= 15 is 0 Å². The van der Waals surface area contributed by atoms with Gasteiger partial charge in [-0.1, -0.05) is 69.9 Å². The number of rotatable bonds is 12. The lowest BCUT2D eigenvalue weighted by Gasteiger charge is -2.09. The van der Waals surface area contributed by atoms with E-state index in [2.05, 4.69) is 10.3 Å². The minimum Gasteiger partial charge on any atom is -0.422 e. The molecule has 2 aromatic rings. The minimum atomic E-state index is -0.409. The Balaban J connectivity index is 1.25. The number of benzene rings is 1. The summed E-state index contributed by atoms with van der Waals surface area (Å²) in [5, 5.41) is 3.48. The number of carbonyl (C=O) groups is 1. The molecule has 1 aliphatic rings. The molecule has 0 aliphatic heterocycles. The quantitative estimate of drug-likeness (QED) is 0.244. The molecule has 1 aromatic heterocycles. The lowest BCUT2D eigenvalue weighted by atomic mass is 9.99. The van der Waals surface area contributed by atoms with Crippen LogP contribution in [0.4, 0.5) is 5.69 Å². The average molecular weight is 407 g/mol. The van der Waals surface area contributed by atoms with Crippen LogP contribution in [-0.2, 0) is 4.79 Å². The van der Waals surface area contributed by atoms with Crippen molar-refractivity contribution in [3.8, 4) is 5.75 Å². The van der Waals surface area contributed by atoms with Gasteiger partial charge in [0.25, 0.3) is 0 Å². The number of hydrogen-bond acceptors (Lipinski definition) is 4. The minimum absolute atomic E-state index is 0.409. The van der Waals surface area contributed by atoms with Crippen molar-refractivity contribution in [2.45, 2.75) is 64.2 Å². The Morgan fingerprint density at radius 2 is 1.80 bits per heavy atom. The third kappa shape index (κ3) is 8.40. The highest BCUT2D eigenvalue weighted by Crippen LogP contribution is 2.29. The predicted molar refractivity (Wildman–Crippen MR) is 123 cm³/mol. The fraction of sp³-hybridized carbons (Fsp3) is 0.462. The second kappa shape index (κ2) is 12.8. The molecular weight excluding hydrogens is 372 g/mol. The van der Waals surface area contributed by atoms with Gasteiger partial charge in [-0.25, -0.2) is 4.79 Å². The number of esters is 1. The Kier molecular flexibility index (Phi) is 9.45. The Hall–Kier alpha value is -2.62. The van der Waals surface area contributed by atoms with Crippen LogP contribution in [-0.4, -0.2) is 17.5 Å². The van der Waals surface area contributed by atoms with E-state index in [1.165, 1.54) is 76.5 Å². The number of ether oxygens (including phenoxy) is 1. The van der Waals surface area contributed by atoms with Gasteiger partial charge in [0.2, 0.25) is 0 Å². The third-order valence-electron chi connectivity index (χ3n) is 5.77. The van der Waals surface area contributed by atoms with Crippen molar-refractivity contribution in [2.75, 3.05) is 11.9 Å². The fourth-order valence-electron chi connectivity index (χ4n) is 4.05. The molecule has 0 amide bonds. The van der Waals surface area contributed by atoms with Gasteiger partial charge in [0.1, 0.15) is 5.75 Å². The van der Waals surface area contributed by atoms with Crippen molar-refractivity contribution in [3.05, 3.63) is 60.4 Å². The fourth-order valence-corrected chi connectivity index (χ4v) is 4.05. The SMILES string of the molecule is O=C(C=Cc1ccc(NCCCCCCCC2CCCC2)cc1)Oc1cccnc1. The van der Waals surface area contributed by atoms with Crippen molar-refractivity contribution >= 4 is 17.7 Å². The van der Waals surface area contributed by atoms with Crippen LogP contribution in [0, 0.1) is 5.92 Å². The summed E-state index contributed by atoms with van der Waals surface area (Å²) in [5.41, 5.74) is 2.08. The molecule has 3 rings (SSSR count). The van der Waals surface area contributed by atoms with Gasteiger partial charge in [-0.3, -0.25) is 4.98 Å². The molecule has 0 spiro atoms. The third-order valence-corrected chi connectivity index (χ3v) is 5.77. The van der Waals surface area contributed by atoms with Crippen molar-refractivity contribution in [1.82, 2.24) is 4.98 Å². The molecule has 1 heterocycles. The van der Waals surface area contributed by atoms with Gasteiger partial charge in [-0.15, -0.1) is 0 Å². The number of pyridine rings is 1. The molecule has 30 heavy (non-hydrogen) atoms. The summed E-state index contributed by atoms with van der Waals surface area (Å²) in [6.45, 7) is 1.01. The summed E-state index contributed by atoms with van der Waals surface area (Å²) in [4.78, 5) is 15.8. The number of aromatic nitrogens is 1. The number of hydrogen-bond donors (Lipinski definition) is 1. The molecule has 0 atom stereocenters.